The van der Waals surface area contributed by atoms with Gasteiger partial charge >= 0.3 is 0 Å². The van der Waals surface area contributed by atoms with Crippen molar-refractivity contribution in [3.05, 3.63) is 47.7 Å². The number of hydrogen-bond donors (Lipinski definition) is 1. The van der Waals surface area contributed by atoms with Gasteiger partial charge in [-0.15, -0.1) is 11.8 Å². The van der Waals surface area contributed by atoms with E-state index in [9.17, 15) is 0 Å². The Morgan fingerprint density at radius 2 is 2.21 bits per heavy atom. The lowest BCUT2D eigenvalue weighted by Crippen LogP contribution is -1.91. The van der Waals surface area contributed by atoms with Crippen LogP contribution < -0.4 is 10.5 Å². The molecule has 0 spiro atoms. The number of pyridine rings is 1. The van der Waals surface area contributed by atoms with Crippen molar-refractivity contribution >= 4 is 17.6 Å². The molecule has 1 heterocycles. The molecule has 0 aliphatic rings. The molecule has 0 aliphatic heterocycles. The van der Waals surface area contributed by atoms with E-state index in [1.807, 2.05) is 18.2 Å². The van der Waals surface area contributed by atoms with E-state index in [1.54, 1.807) is 37.2 Å². The second-order valence-corrected chi connectivity index (χ2v) is 4.90. The number of ether oxygens (including phenoxy) is 1. The number of methoxy groups -OCH3 is 1. The predicted octanol–water partition coefficient (Wildman–Crippen LogP) is 2.84. The van der Waals surface area contributed by atoms with Gasteiger partial charge in [-0.3, -0.25) is 0 Å². The molecule has 0 unspecified atom stereocenters. The Morgan fingerprint density at radius 3 is 2.84 bits per heavy atom. The number of anilines is 1. The van der Waals surface area contributed by atoms with Crippen LogP contribution in [0.2, 0.25) is 0 Å². The quantitative estimate of drug-likeness (QED) is 0.866. The van der Waals surface area contributed by atoms with Crippen LogP contribution in [0.5, 0.6) is 5.75 Å². The maximum atomic E-state index is 8.92. The monoisotopic (exact) mass is 271 g/mol. The third-order valence-corrected chi connectivity index (χ3v) is 3.60. The van der Waals surface area contributed by atoms with Crippen LogP contribution in [0.4, 0.5) is 5.82 Å². The molecular weight excluding hydrogens is 258 g/mol. The van der Waals surface area contributed by atoms with Crippen molar-refractivity contribution in [2.45, 2.75) is 10.6 Å². The Morgan fingerprint density at radius 1 is 1.37 bits per heavy atom. The summed E-state index contributed by atoms with van der Waals surface area (Å²) in [5, 5.41) is 8.92. The van der Waals surface area contributed by atoms with Crippen LogP contribution in [0, 0.1) is 11.3 Å². The first-order valence-electron chi connectivity index (χ1n) is 5.64. The van der Waals surface area contributed by atoms with Crippen LogP contribution in [0.25, 0.3) is 0 Å². The van der Waals surface area contributed by atoms with Crippen molar-refractivity contribution < 1.29 is 4.74 Å². The van der Waals surface area contributed by atoms with Gasteiger partial charge in [0.05, 0.1) is 12.7 Å². The average molecular weight is 271 g/mol. The molecule has 2 rings (SSSR count). The van der Waals surface area contributed by atoms with Crippen LogP contribution in [0.1, 0.15) is 11.1 Å². The van der Waals surface area contributed by atoms with Gasteiger partial charge in [-0.2, -0.15) is 5.26 Å². The largest absolute Gasteiger partial charge is 0.495 e. The standard InChI is InChI=1S/C14H13N3OS/c1-18-13-6-10(2-3-11(13)7-15)9-19-12-4-5-14(16)17-8-12/h2-6,8H,9H2,1H3,(H2,16,17). The summed E-state index contributed by atoms with van der Waals surface area (Å²) < 4.78 is 5.18. The number of benzene rings is 1. The van der Waals surface area contributed by atoms with Crippen LogP contribution in [-0.4, -0.2) is 12.1 Å². The molecule has 1 aromatic carbocycles. The molecule has 0 bridgehead atoms. The normalized spacial score (nSPS) is 9.89. The van der Waals surface area contributed by atoms with Gasteiger partial charge in [0.25, 0.3) is 0 Å². The third kappa shape index (κ3) is 3.39. The van der Waals surface area contributed by atoms with E-state index in [4.69, 9.17) is 15.7 Å². The first kappa shape index (κ1) is 13.2. The van der Waals surface area contributed by atoms with Gasteiger partial charge in [0.2, 0.25) is 0 Å². The maximum Gasteiger partial charge on any atom is 0.136 e. The van der Waals surface area contributed by atoms with E-state index in [1.165, 1.54) is 0 Å². The fourth-order valence-corrected chi connectivity index (χ4v) is 2.37. The second-order valence-electron chi connectivity index (χ2n) is 3.85. The highest BCUT2D eigenvalue weighted by atomic mass is 32.2. The van der Waals surface area contributed by atoms with Crippen molar-refractivity contribution in [1.82, 2.24) is 4.98 Å². The molecule has 0 saturated heterocycles. The third-order valence-electron chi connectivity index (χ3n) is 2.55. The molecule has 2 N–H and O–H groups in total. The fraction of sp³-hybridized carbons (Fsp3) is 0.143. The van der Waals surface area contributed by atoms with Crippen LogP contribution in [-0.2, 0) is 5.75 Å². The number of hydrogen-bond acceptors (Lipinski definition) is 5. The molecule has 4 nitrogen and oxygen atoms in total. The SMILES string of the molecule is COc1cc(CSc2ccc(N)nc2)ccc1C#N. The van der Waals surface area contributed by atoms with Crippen molar-refractivity contribution in [1.29, 1.82) is 5.26 Å². The average Bonchev–Trinajstić information content (AvgIpc) is 2.46. The Labute approximate surface area is 116 Å². The smallest absolute Gasteiger partial charge is 0.136 e. The Hall–Kier alpha value is -2.19. The molecule has 96 valence electrons. The van der Waals surface area contributed by atoms with Crippen molar-refractivity contribution in [3.8, 4) is 11.8 Å². The van der Waals surface area contributed by atoms with E-state index >= 15 is 0 Å². The van der Waals surface area contributed by atoms with Gasteiger partial charge in [0.15, 0.2) is 0 Å². The molecular formula is C14H13N3OS. The summed E-state index contributed by atoms with van der Waals surface area (Å²) in [5.41, 5.74) is 7.18. The molecule has 0 atom stereocenters. The van der Waals surface area contributed by atoms with E-state index in [-0.39, 0.29) is 0 Å². The lowest BCUT2D eigenvalue weighted by atomic mass is 10.1. The van der Waals surface area contributed by atoms with E-state index in [2.05, 4.69) is 11.1 Å². The van der Waals surface area contributed by atoms with Gasteiger partial charge in [-0.25, -0.2) is 4.98 Å². The summed E-state index contributed by atoms with van der Waals surface area (Å²) in [5.74, 6) is 1.91. The highest BCUT2D eigenvalue weighted by Crippen LogP contribution is 2.26. The molecule has 0 aliphatic carbocycles. The minimum atomic E-state index is 0.518. The molecule has 19 heavy (non-hydrogen) atoms. The summed E-state index contributed by atoms with van der Waals surface area (Å²) in [6.45, 7) is 0. The number of nitrogens with two attached hydrogens (primary N) is 1. The number of rotatable bonds is 4. The van der Waals surface area contributed by atoms with Crippen molar-refractivity contribution in [2.75, 3.05) is 12.8 Å². The number of nitrogens with zero attached hydrogens (tertiary/aromatic N) is 2. The topological polar surface area (TPSA) is 71.9 Å². The second kappa shape index (κ2) is 6.12. The van der Waals surface area contributed by atoms with Crippen LogP contribution >= 0.6 is 11.8 Å². The summed E-state index contributed by atoms with van der Waals surface area (Å²) in [7, 11) is 1.57. The molecule has 5 heteroatoms. The minimum absolute atomic E-state index is 0.518. The van der Waals surface area contributed by atoms with Crippen LogP contribution in [0.3, 0.4) is 0 Å². The summed E-state index contributed by atoms with van der Waals surface area (Å²) in [6.07, 6.45) is 1.75. The lowest BCUT2D eigenvalue weighted by molar-refractivity contribution is 0.413. The molecule has 2 aromatic rings. The number of thioether (sulfide) groups is 1. The molecule has 0 amide bonds. The zero-order valence-corrected chi connectivity index (χ0v) is 11.3. The van der Waals surface area contributed by atoms with Gasteiger partial charge in [-0.05, 0) is 29.8 Å². The zero-order chi connectivity index (χ0) is 13.7. The summed E-state index contributed by atoms with van der Waals surface area (Å²) >= 11 is 1.66. The highest BCUT2D eigenvalue weighted by molar-refractivity contribution is 7.98. The molecule has 0 radical (unpaired) electrons. The van der Waals surface area contributed by atoms with Gasteiger partial charge < -0.3 is 10.5 Å². The molecule has 1 aromatic heterocycles. The molecule has 0 fully saturated rings. The van der Waals surface area contributed by atoms with Gasteiger partial charge in [-0.1, -0.05) is 6.07 Å². The number of aromatic nitrogens is 1. The van der Waals surface area contributed by atoms with E-state index in [0.717, 1.165) is 16.2 Å². The first-order valence-corrected chi connectivity index (χ1v) is 6.63. The number of nitriles is 1. The summed E-state index contributed by atoms with van der Waals surface area (Å²) in [4.78, 5) is 5.09. The zero-order valence-electron chi connectivity index (χ0n) is 10.5. The van der Waals surface area contributed by atoms with Crippen molar-refractivity contribution in [2.24, 2.45) is 0 Å². The summed E-state index contributed by atoms with van der Waals surface area (Å²) in [6, 6.07) is 11.4. The minimum Gasteiger partial charge on any atom is -0.495 e. The molecule has 0 saturated carbocycles. The maximum absolute atomic E-state index is 8.92. The highest BCUT2D eigenvalue weighted by Gasteiger charge is 2.04. The van der Waals surface area contributed by atoms with E-state index in [0.29, 0.717) is 17.1 Å². The lowest BCUT2D eigenvalue weighted by Gasteiger charge is -2.06. The Balaban J connectivity index is 2.07. The van der Waals surface area contributed by atoms with Gasteiger partial charge in [0.1, 0.15) is 17.6 Å². The predicted molar refractivity (Wildman–Crippen MR) is 75.9 cm³/mol. The van der Waals surface area contributed by atoms with Crippen molar-refractivity contribution in [3.63, 3.8) is 0 Å². The van der Waals surface area contributed by atoms with Gasteiger partial charge in [0, 0.05) is 16.8 Å². The number of nitrogen functional groups attached to an aromatic ring is 1. The first-order chi connectivity index (χ1) is 9.22. The fourth-order valence-electron chi connectivity index (χ4n) is 1.56. The van der Waals surface area contributed by atoms with E-state index < -0.39 is 0 Å². The Kier molecular flexibility index (Phi) is 4.26. The van der Waals surface area contributed by atoms with Crippen LogP contribution in [0.15, 0.2) is 41.4 Å². The Bertz CT molecular complexity index is 605.